The summed E-state index contributed by atoms with van der Waals surface area (Å²) < 4.78 is 28.6. The summed E-state index contributed by atoms with van der Waals surface area (Å²) in [6.07, 6.45) is 3.26. The fourth-order valence-corrected chi connectivity index (χ4v) is 5.09. The van der Waals surface area contributed by atoms with Crippen LogP contribution >= 0.6 is 0 Å². The smallest absolute Gasteiger partial charge is 0.214 e. The maximum Gasteiger partial charge on any atom is 0.214 e. The maximum atomic E-state index is 13.5. The molecule has 0 saturated carbocycles. The van der Waals surface area contributed by atoms with E-state index in [1.54, 1.807) is 28.8 Å². The number of nitrogens with zero attached hydrogens (tertiary/aromatic N) is 4. The van der Waals surface area contributed by atoms with Crippen molar-refractivity contribution in [3.63, 3.8) is 0 Å². The lowest BCUT2D eigenvalue weighted by molar-refractivity contribution is 0.566. The van der Waals surface area contributed by atoms with E-state index in [-0.39, 0.29) is 9.79 Å². The van der Waals surface area contributed by atoms with Gasteiger partial charge in [0.1, 0.15) is 0 Å². The van der Waals surface area contributed by atoms with Crippen LogP contribution in [0, 0.1) is 13.8 Å². The molecule has 0 aliphatic carbocycles. The number of sulfone groups is 1. The van der Waals surface area contributed by atoms with Crippen molar-refractivity contribution in [2.75, 3.05) is 18.0 Å². The normalized spacial score (nSPS) is 15.5. The summed E-state index contributed by atoms with van der Waals surface area (Å²) in [6, 6.07) is 10.5. The Morgan fingerprint density at radius 3 is 2.38 bits per heavy atom. The Hall–Kier alpha value is -2.41. The molecule has 3 heterocycles. The van der Waals surface area contributed by atoms with Gasteiger partial charge in [-0.05, 0) is 51.3 Å². The predicted molar refractivity (Wildman–Crippen MR) is 100 cm³/mol. The van der Waals surface area contributed by atoms with Gasteiger partial charge >= 0.3 is 0 Å². The zero-order chi connectivity index (χ0) is 18.3. The van der Waals surface area contributed by atoms with Gasteiger partial charge in [-0.2, -0.15) is 0 Å². The summed E-state index contributed by atoms with van der Waals surface area (Å²) in [5.74, 6) is 0.523. The molecule has 1 saturated heterocycles. The van der Waals surface area contributed by atoms with Crippen LogP contribution < -0.4 is 4.90 Å². The van der Waals surface area contributed by atoms with Gasteiger partial charge in [-0.1, -0.05) is 18.2 Å². The highest BCUT2D eigenvalue weighted by atomic mass is 32.2. The number of fused-ring (bicyclic) bond motifs is 1. The van der Waals surface area contributed by atoms with Gasteiger partial charge < -0.3 is 4.90 Å². The molecule has 0 atom stereocenters. The van der Waals surface area contributed by atoms with Gasteiger partial charge in [-0.3, -0.25) is 0 Å². The third kappa shape index (κ3) is 2.76. The third-order valence-electron chi connectivity index (χ3n) is 4.81. The largest absolute Gasteiger partial charge is 0.354 e. The molecule has 6 nitrogen and oxygen atoms in total. The Kier molecular flexibility index (Phi) is 4.19. The summed E-state index contributed by atoms with van der Waals surface area (Å²) in [6.45, 7) is 5.44. The highest BCUT2D eigenvalue weighted by molar-refractivity contribution is 7.91. The fourth-order valence-electron chi connectivity index (χ4n) is 3.56. The van der Waals surface area contributed by atoms with Gasteiger partial charge in [0.25, 0.3) is 0 Å². The van der Waals surface area contributed by atoms with Gasteiger partial charge in [0.2, 0.25) is 9.84 Å². The molecule has 0 N–H and O–H groups in total. The van der Waals surface area contributed by atoms with Gasteiger partial charge in [0, 0.05) is 24.5 Å². The van der Waals surface area contributed by atoms with Crippen molar-refractivity contribution >= 4 is 21.3 Å². The van der Waals surface area contributed by atoms with Crippen LogP contribution in [-0.4, -0.2) is 36.1 Å². The van der Waals surface area contributed by atoms with E-state index in [0.717, 1.165) is 37.3 Å². The van der Waals surface area contributed by atoms with E-state index in [4.69, 9.17) is 0 Å². The number of aromatic nitrogens is 3. The van der Waals surface area contributed by atoms with Crippen LogP contribution in [0.15, 0.2) is 46.2 Å². The first-order valence-corrected chi connectivity index (χ1v) is 10.4. The van der Waals surface area contributed by atoms with Crippen LogP contribution in [0.5, 0.6) is 0 Å². The van der Waals surface area contributed by atoms with E-state index in [0.29, 0.717) is 11.5 Å². The van der Waals surface area contributed by atoms with E-state index in [9.17, 15) is 8.42 Å². The summed E-state index contributed by atoms with van der Waals surface area (Å²) >= 11 is 0. The molecular weight excluding hydrogens is 348 g/mol. The second-order valence-corrected chi connectivity index (χ2v) is 8.68. The number of anilines is 1. The number of aryl methyl sites for hydroxylation is 2. The molecule has 3 aromatic rings. The van der Waals surface area contributed by atoms with Crippen molar-refractivity contribution in [1.82, 2.24) is 14.6 Å². The molecule has 7 heteroatoms. The lowest BCUT2D eigenvalue weighted by Crippen LogP contribution is -2.30. The Morgan fingerprint density at radius 1 is 1.00 bits per heavy atom. The van der Waals surface area contributed by atoms with Crippen LogP contribution in [0.3, 0.4) is 0 Å². The fraction of sp³-hybridized carbons (Fsp3) is 0.368. The van der Waals surface area contributed by atoms with Crippen molar-refractivity contribution in [3.05, 3.63) is 47.8 Å². The molecule has 1 aliphatic heterocycles. The maximum absolute atomic E-state index is 13.5. The zero-order valence-electron chi connectivity index (χ0n) is 15.0. The highest BCUT2D eigenvalue weighted by Gasteiger charge is 2.32. The number of rotatable bonds is 3. The quantitative estimate of drug-likeness (QED) is 0.708. The molecular formula is C19H22N4O2S. The molecule has 4 rings (SSSR count). The Bertz CT molecular complexity index is 1050. The average molecular weight is 370 g/mol. The second-order valence-electron chi connectivity index (χ2n) is 6.79. The molecule has 0 spiro atoms. The zero-order valence-corrected chi connectivity index (χ0v) is 15.8. The van der Waals surface area contributed by atoms with E-state index in [2.05, 4.69) is 15.0 Å². The van der Waals surface area contributed by atoms with E-state index in [1.807, 2.05) is 26.0 Å². The molecule has 2 aromatic heterocycles. The van der Waals surface area contributed by atoms with Crippen molar-refractivity contribution in [2.24, 2.45) is 0 Å². The van der Waals surface area contributed by atoms with Crippen LogP contribution in [0.1, 0.15) is 30.7 Å². The van der Waals surface area contributed by atoms with Crippen molar-refractivity contribution in [2.45, 2.75) is 42.9 Å². The number of benzene rings is 1. The molecule has 0 amide bonds. The molecule has 0 bridgehead atoms. The Balaban J connectivity index is 2.02. The van der Waals surface area contributed by atoms with Gasteiger partial charge in [-0.25, -0.2) is 17.9 Å². The first kappa shape index (κ1) is 17.0. The Labute approximate surface area is 153 Å². The molecule has 0 unspecified atom stereocenters. The number of hydrogen-bond acceptors (Lipinski definition) is 5. The van der Waals surface area contributed by atoms with Crippen molar-refractivity contribution < 1.29 is 8.42 Å². The average Bonchev–Trinajstić information content (AvgIpc) is 3.04. The molecule has 136 valence electrons. The SMILES string of the molecule is Cc1cc(C)n2nc(N3CCCCC3)c(S(=O)(=O)c3ccccc3)c2n1. The van der Waals surface area contributed by atoms with Crippen LogP contribution in [0.2, 0.25) is 0 Å². The minimum atomic E-state index is -3.72. The summed E-state index contributed by atoms with van der Waals surface area (Å²) in [7, 11) is -3.72. The monoisotopic (exact) mass is 370 g/mol. The van der Waals surface area contributed by atoms with Crippen LogP contribution in [-0.2, 0) is 9.84 Å². The van der Waals surface area contributed by atoms with Gasteiger partial charge in [-0.15, -0.1) is 5.10 Å². The molecule has 26 heavy (non-hydrogen) atoms. The topological polar surface area (TPSA) is 67.6 Å². The van der Waals surface area contributed by atoms with Gasteiger partial charge in [0.15, 0.2) is 16.4 Å². The van der Waals surface area contributed by atoms with E-state index >= 15 is 0 Å². The highest BCUT2D eigenvalue weighted by Crippen LogP contribution is 2.34. The number of piperidine rings is 1. The first-order valence-electron chi connectivity index (χ1n) is 8.90. The Morgan fingerprint density at radius 2 is 1.69 bits per heavy atom. The molecule has 0 radical (unpaired) electrons. The molecule has 1 fully saturated rings. The predicted octanol–water partition coefficient (Wildman–Crippen LogP) is 3.17. The molecule has 1 aliphatic rings. The van der Waals surface area contributed by atoms with E-state index < -0.39 is 9.84 Å². The number of hydrogen-bond donors (Lipinski definition) is 0. The summed E-state index contributed by atoms with van der Waals surface area (Å²) in [5.41, 5.74) is 2.07. The van der Waals surface area contributed by atoms with Crippen LogP contribution in [0.25, 0.3) is 5.65 Å². The van der Waals surface area contributed by atoms with Crippen molar-refractivity contribution in [1.29, 1.82) is 0 Å². The second kappa shape index (κ2) is 6.39. The lowest BCUT2D eigenvalue weighted by atomic mass is 10.1. The summed E-state index contributed by atoms with van der Waals surface area (Å²) in [4.78, 5) is 7.12. The van der Waals surface area contributed by atoms with Crippen molar-refractivity contribution in [3.8, 4) is 0 Å². The third-order valence-corrected chi connectivity index (χ3v) is 6.61. The van der Waals surface area contributed by atoms with E-state index in [1.165, 1.54) is 6.42 Å². The van der Waals surface area contributed by atoms with Crippen LogP contribution in [0.4, 0.5) is 5.82 Å². The minimum Gasteiger partial charge on any atom is -0.354 e. The van der Waals surface area contributed by atoms with Gasteiger partial charge in [0.05, 0.1) is 4.90 Å². The minimum absolute atomic E-state index is 0.220. The lowest BCUT2D eigenvalue weighted by Gasteiger charge is -2.27. The summed E-state index contributed by atoms with van der Waals surface area (Å²) in [5, 5.41) is 4.67. The standard InChI is InChI=1S/C19H22N4O2S/c1-14-13-15(2)23-18(20-14)17(19(21-23)22-11-7-4-8-12-22)26(24,25)16-9-5-3-6-10-16/h3,5-6,9-10,13H,4,7-8,11-12H2,1-2H3. The first-order chi connectivity index (χ1) is 12.5. The molecule has 1 aromatic carbocycles.